The zero-order chi connectivity index (χ0) is 37.2. The van der Waals surface area contributed by atoms with Gasteiger partial charge in [-0.15, -0.1) is 0 Å². The fourth-order valence-electron chi connectivity index (χ4n) is 8.35. The van der Waals surface area contributed by atoms with E-state index in [1.54, 1.807) is 0 Å². The molecule has 0 unspecified atom stereocenters. The van der Waals surface area contributed by atoms with Crippen LogP contribution in [-0.4, -0.2) is 10.4 Å². The quantitative estimate of drug-likeness (QED) is 0.167. The van der Waals surface area contributed by atoms with Crippen molar-refractivity contribution in [1.82, 2.24) is 4.68 Å². The zero-order valence-electron chi connectivity index (χ0n) is 30.3. The third-order valence-corrected chi connectivity index (χ3v) is 12.1. The molecule has 0 radical (unpaired) electrons. The highest BCUT2D eigenvalue weighted by molar-refractivity contribution is 7.99. The number of nitrogens with zero attached hydrogens (tertiary/aromatic N) is 2. The molecule has 264 valence electrons. The lowest BCUT2D eigenvalue weighted by molar-refractivity contribution is 1.06. The first kappa shape index (κ1) is 32.4. The largest absolute Gasteiger partial charge is 0.308 e. The van der Waals surface area contributed by atoms with Gasteiger partial charge < -0.3 is 4.90 Å². The molecule has 1 aromatic heterocycles. The summed E-state index contributed by atoms with van der Waals surface area (Å²) in [6, 6.07) is 68.8. The minimum absolute atomic E-state index is 0.474. The molecule has 1 aliphatic heterocycles. The van der Waals surface area contributed by atoms with Gasteiger partial charge in [0.2, 0.25) is 0 Å². The first-order valence-corrected chi connectivity index (χ1v) is 19.7. The average Bonchev–Trinajstić information content (AvgIpc) is 3.58. The van der Waals surface area contributed by atoms with Crippen LogP contribution in [0.2, 0.25) is 0 Å². The lowest BCUT2D eigenvalue weighted by Crippen LogP contribution is -2.14. The Labute approximate surface area is 328 Å². The number of rotatable bonds is 6. The number of fused-ring (bicyclic) bond motifs is 8. The third kappa shape index (κ3) is 5.20. The van der Waals surface area contributed by atoms with Crippen molar-refractivity contribution >= 4 is 83.6 Å². The van der Waals surface area contributed by atoms with Crippen LogP contribution in [0.3, 0.4) is 0 Å². The van der Waals surface area contributed by atoms with Crippen molar-refractivity contribution in [2.45, 2.75) is 9.79 Å². The van der Waals surface area contributed by atoms with E-state index in [1.807, 2.05) is 42.1 Å². The summed E-state index contributed by atoms with van der Waals surface area (Å²) < 4.78 is 2.24. The van der Waals surface area contributed by atoms with Crippen molar-refractivity contribution < 1.29 is 0 Å². The molecular weight excluding hydrogens is 701 g/mol. The molecule has 10 aromatic rings. The van der Waals surface area contributed by atoms with E-state index in [1.165, 1.54) is 42.7 Å². The molecule has 11 rings (SSSR count). The van der Waals surface area contributed by atoms with Crippen LogP contribution < -0.4 is 10.3 Å². The summed E-state index contributed by atoms with van der Waals surface area (Å²) in [4.78, 5) is 4.86. The number of aromatic nitrogens is 1. The van der Waals surface area contributed by atoms with E-state index in [0.717, 1.165) is 55.4 Å². The first-order chi connectivity index (χ1) is 27.7. The fraction of sp³-hybridized carbons (Fsp3) is 0. The van der Waals surface area contributed by atoms with Crippen LogP contribution in [0.1, 0.15) is 11.1 Å². The molecule has 5 heteroatoms. The molecule has 0 spiro atoms. The Bertz CT molecular complexity index is 3170. The Kier molecular flexibility index (Phi) is 7.54. The highest BCUT2D eigenvalue weighted by atomic mass is 32.2. The van der Waals surface area contributed by atoms with E-state index in [9.17, 15) is 5.41 Å². The predicted octanol–water partition coefficient (Wildman–Crippen LogP) is 14.0. The molecule has 1 aliphatic rings. The zero-order valence-corrected chi connectivity index (χ0v) is 31.1. The Hall–Kier alpha value is -7.08. The smallest absolute Gasteiger partial charge is 0.0718 e. The number of hydrogen-bond donors (Lipinski definition) is 2. The molecular formula is C51H34N4S. The number of benzene rings is 9. The van der Waals surface area contributed by atoms with Gasteiger partial charge in [-0.3, -0.25) is 15.5 Å². The Balaban J connectivity index is 1.13. The van der Waals surface area contributed by atoms with E-state index in [0.29, 0.717) is 5.71 Å². The summed E-state index contributed by atoms with van der Waals surface area (Å²) in [5.41, 5.74) is 14.9. The van der Waals surface area contributed by atoms with Gasteiger partial charge in [0.25, 0.3) is 0 Å². The van der Waals surface area contributed by atoms with E-state index in [2.05, 4.69) is 179 Å². The molecule has 0 bridgehead atoms. The molecule has 9 aromatic carbocycles. The second-order valence-electron chi connectivity index (χ2n) is 14.2. The Morgan fingerprint density at radius 3 is 1.96 bits per heavy atom. The normalized spacial score (nSPS) is 12.2. The molecule has 0 saturated heterocycles. The second kappa shape index (κ2) is 13.0. The summed E-state index contributed by atoms with van der Waals surface area (Å²) in [5.74, 6) is 0. The first-order valence-electron chi connectivity index (χ1n) is 18.9. The van der Waals surface area contributed by atoms with E-state index in [4.69, 9.17) is 0 Å². The average molecular weight is 735 g/mol. The molecule has 4 nitrogen and oxygen atoms in total. The van der Waals surface area contributed by atoms with Gasteiger partial charge in [-0.1, -0.05) is 157 Å². The lowest BCUT2D eigenvalue weighted by atomic mass is 9.97. The fourth-order valence-corrected chi connectivity index (χ4v) is 9.39. The summed E-state index contributed by atoms with van der Waals surface area (Å²) in [6.45, 7) is 0. The van der Waals surface area contributed by atoms with Crippen LogP contribution in [0.25, 0.3) is 54.5 Å². The van der Waals surface area contributed by atoms with Crippen LogP contribution in [-0.2, 0) is 0 Å². The maximum absolute atomic E-state index is 9.44. The number of para-hydroxylation sites is 2. The summed E-state index contributed by atoms with van der Waals surface area (Å²) in [7, 11) is 0. The number of nitrogens with one attached hydrogen (secondary N) is 2. The van der Waals surface area contributed by atoms with Crippen LogP contribution >= 0.6 is 11.8 Å². The molecule has 0 amide bonds. The van der Waals surface area contributed by atoms with Crippen LogP contribution in [0.15, 0.2) is 204 Å². The van der Waals surface area contributed by atoms with Crippen LogP contribution in [0, 0.1) is 5.41 Å². The van der Waals surface area contributed by atoms with Crippen molar-refractivity contribution in [3.63, 3.8) is 0 Å². The molecule has 0 saturated carbocycles. The monoisotopic (exact) mass is 734 g/mol. The van der Waals surface area contributed by atoms with Crippen LogP contribution in [0.4, 0.5) is 22.7 Å². The maximum Gasteiger partial charge on any atom is 0.0718 e. The van der Waals surface area contributed by atoms with Crippen LogP contribution in [0.5, 0.6) is 0 Å². The Morgan fingerprint density at radius 1 is 0.482 bits per heavy atom. The standard InChI is InChI=1S/C51H34N4S/c52-50(35-15-3-1-4-16-35)42-28-23-34-14-8-10-20-40(34)51(42)53-55-44-29-25-33-13-7-9-19-39(33)49(44)41-27-24-36(31-45(41)55)37-26-30-48-46(32-37)54(38-17-5-2-6-18-38)43-21-11-12-22-47(43)56-48/h1-32,52-53H. The van der Waals surface area contributed by atoms with E-state index >= 15 is 0 Å². The van der Waals surface area contributed by atoms with Gasteiger partial charge in [-0.25, -0.2) is 0 Å². The minimum atomic E-state index is 0.474. The predicted molar refractivity (Wildman–Crippen MR) is 237 cm³/mol. The van der Waals surface area contributed by atoms with Crippen molar-refractivity contribution in [1.29, 1.82) is 5.41 Å². The number of anilines is 4. The van der Waals surface area contributed by atoms with Crippen molar-refractivity contribution in [3.8, 4) is 11.1 Å². The summed E-state index contributed by atoms with van der Waals surface area (Å²) >= 11 is 1.82. The van der Waals surface area contributed by atoms with E-state index < -0.39 is 0 Å². The maximum atomic E-state index is 9.44. The molecule has 0 atom stereocenters. The van der Waals surface area contributed by atoms with Gasteiger partial charge in [0.1, 0.15) is 0 Å². The molecule has 56 heavy (non-hydrogen) atoms. The number of hydrogen-bond acceptors (Lipinski definition) is 4. The van der Waals surface area contributed by atoms with Gasteiger partial charge >= 0.3 is 0 Å². The third-order valence-electron chi connectivity index (χ3n) is 11.0. The molecule has 0 aliphatic carbocycles. The van der Waals surface area contributed by atoms with Gasteiger partial charge in [-0.2, -0.15) is 0 Å². The van der Waals surface area contributed by atoms with Crippen molar-refractivity contribution in [3.05, 3.63) is 205 Å². The minimum Gasteiger partial charge on any atom is -0.308 e. The molecule has 2 N–H and O–H groups in total. The van der Waals surface area contributed by atoms with Crippen molar-refractivity contribution in [2.75, 3.05) is 10.3 Å². The molecule has 0 fully saturated rings. The van der Waals surface area contributed by atoms with Gasteiger partial charge in [0.05, 0.1) is 33.8 Å². The SMILES string of the molecule is N=C(c1ccccc1)c1ccc2ccccc2c1Nn1c2cc(-c3ccc4c(c3)N(c3ccccc3)c3ccccc3S4)ccc2c2c3ccccc3ccc21. The lowest BCUT2D eigenvalue weighted by Gasteiger charge is -2.33. The van der Waals surface area contributed by atoms with Gasteiger partial charge in [0, 0.05) is 42.8 Å². The highest BCUT2D eigenvalue weighted by Crippen LogP contribution is 2.52. The highest BCUT2D eigenvalue weighted by Gasteiger charge is 2.26. The van der Waals surface area contributed by atoms with Crippen molar-refractivity contribution in [2.24, 2.45) is 0 Å². The second-order valence-corrected chi connectivity index (χ2v) is 15.3. The summed E-state index contributed by atoms with van der Waals surface area (Å²) in [5, 5.41) is 16.4. The van der Waals surface area contributed by atoms with Gasteiger partial charge in [0.15, 0.2) is 0 Å². The van der Waals surface area contributed by atoms with Gasteiger partial charge in [-0.05, 0) is 75.8 Å². The van der Waals surface area contributed by atoms with E-state index in [-0.39, 0.29) is 0 Å². The summed E-state index contributed by atoms with van der Waals surface area (Å²) in [6.07, 6.45) is 0. The topological polar surface area (TPSA) is 44.1 Å². The Morgan fingerprint density at radius 2 is 1.12 bits per heavy atom. The molecule has 2 heterocycles.